The molecule has 0 aliphatic heterocycles. The Morgan fingerprint density at radius 2 is 1.77 bits per heavy atom. The maximum Gasteiger partial charge on any atom is 0.120 e. The highest BCUT2D eigenvalue weighted by atomic mass is 16.1. The first-order valence-corrected chi connectivity index (χ1v) is 5.62. The summed E-state index contributed by atoms with van der Waals surface area (Å²) in [5.41, 5.74) is 0. The molecule has 0 heterocycles. The van der Waals surface area contributed by atoms with Crippen molar-refractivity contribution in [2.45, 2.75) is 65.2 Å². The molecule has 0 amide bonds. The molecular formula is C12H23O. The van der Waals surface area contributed by atoms with E-state index in [1.54, 1.807) is 0 Å². The zero-order valence-electron chi connectivity index (χ0n) is 9.14. The summed E-state index contributed by atoms with van der Waals surface area (Å²) in [6.45, 7) is 4.40. The molecular weight excluding hydrogens is 160 g/mol. The van der Waals surface area contributed by atoms with Crippen LogP contribution in [0.15, 0.2) is 0 Å². The van der Waals surface area contributed by atoms with Crippen LogP contribution < -0.4 is 0 Å². The fourth-order valence-electron chi connectivity index (χ4n) is 1.60. The first-order chi connectivity index (χ1) is 6.35. The third-order valence-corrected chi connectivity index (χ3v) is 2.36. The Labute approximate surface area is 82.9 Å². The average molecular weight is 183 g/mol. The van der Waals surface area contributed by atoms with E-state index in [0.29, 0.717) is 6.42 Å². The SMILES string of the molecule is CCCCCC[C](CC=O)CCC. The van der Waals surface area contributed by atoms with Gasteiger partial charge in [0.05, 0.1) is 0 Å². The highest BCUT2D eigenvalue weighted by Gasteiger charge is 2.06. The average Bonchev–Trinajstić information content (AvgIpc) is 2.13. The molecule has 77 valence electrons. The number of rotatable bonds is 9. The van der Waals surface area contributed by atoms with E-state index in [4.69, 9.17) is 0 Å². The summed E-state index contributed by atoms with van der Waals surface area (Å²) in [6, 6.07) is 0. The van der Waals surface area contributed by atoms with E-state index in [1.807, 2.05) is 0 Å². The Morgan fingerprint density at radius 3 is 2.31 bits per heavy atom. The van der Waals surface area contributed by atoms with Gasteiger partial charge in [-0.25, -0.2) is 0 Å². The van der Waals surface area contributed by atoms with Gasteiger partial charge in [-0.1, -0.05) is 46.0 Å². The third-order valence-electron chi connectivity index (χ3n) is 2.36. The quantitative estimate of drug-likeness (QED) is 0.391. The number of unbranched alkanes of at least 4 members (excludes halogenated alkanes) is 3. The van der Waals surface area contributed by atoms with Crippen LogP contribution in [0.4, 0.5) is 0 Å². The molecule has 1 heteroatoms. The second-order valence-corrected chi connectivity index (χ2v) is 3.68. The summed E-state index contributed by atoms with van der Waals surface area (Å²) in [7, 11) is 0. The molecule has 0 spiro atoms. The van der Waals surface area contributed by atoms with Crippen LogP contribution in [0.5, 0.6) is 0 Å². The normalized spacial score (nSPS) is 10.7. The van der Waals surface area contributed by atoms with Crippen molar-refractivity contribution in [2.24, 2.45) is 0 Å². The highest BCUT2D eigenvalue weighted by molar-refractivity contribution is 5.52. The van der Waals surface area contributed by atoms with Crippen molar-refractivity contribution in [1.82, 2.24) is 0 Å². The fourth-order valence-corrected chi connectivity index (χ4v) is 1.60. The highest BCUT2D eigenvalue weighted by Crippen LogP contribution is 2.20. The Hall–Kier alpha value is -0.330. The minimum Gasteiger partial charge on any atom is -0.303 e. The molecule has 0 aliphatic carbocycles. The van der Waals surface area contributed by atoms with Gasteiger partial charge in [-0.05, 0) is 18.8 Å². The van der Waals surface area contributed by atoms with Gasteiger partial charge in [-0.3, -0.25) is 0 Å². The van der Waals surface area contributed by atoms with Crippen molar-refractivity contribution in [1.29, 1.82) is 0 Å². The topological polar surface area (TPSA) is 17.1 Å². The van der Waals surface area contributed by atoms with Gasteiger partial charge in [-0.15, -0.1) is 0 Å². The van der Waals surface area contributed by atoms with E-state index in [2.05, 4.69) is 13.8 Å². The summed E-state index contributed by atoms with van der Waals surface area (Å²) < 4.78 is 0. The Bertz CT molecular complexity index is 110. The second-order valence-electron chi connectivity index (χ2n) is 3.68. The Kier molecular flexibility index (Phi) is 9.51. The zero-order chi connectivity index (χ0) is 9.94. The molecule has 0 unspecified atom stereocenters. The van der Waals surface area contributed by atoms with E-state index in [-0.39, 0.29) is 0 Å². The van der Waals surface area contributed by atoms with Gasteiger partial charge in [0.2, 0.25) is 0 Å². The van der Waals surface area contributed by atoms with E-state index in [9.17, 15) is 4.79 Å². The maximum atomic E-state index is 10.4. The first-order valence-electron chi connectivity index (χ1n) is 5.62. The molecule has 0 saturated heterocycles. The van der Waals surface area contributed by atoms with Gasteiger partial charge in [0.25, 0.3) is 0 Å². The summed E-state index contributed by atoms with van der Waals surface area (Å²) in [4.78, 5) is 10.4. The molecule has 0 fully saturated rings. The molecule has 0 saturated carbocycles. The molecule has 0 aliphatic rings. The van der Waals surface area contributed by atoms with Gasteiger partial charge in [0.15, 0.2) is 0 Å². The molecule has 13 heavy (non-hydrogen) atoms. The van der Waals surface area contributed by atoms with E-state index in [0.717, 1.165) is 12.7 Å². The second kappa shape index (κ2) is 9.76. The van der Waals surface area contributed by atoms with Gasteiger partial charge >= 0.3 is 0 Å². The van der Waals surface area contributed by atoms with Crippen LogP contribution in [0.1, 0.15) is 65.2 Å². The van der Waals surface area contributed by atoms with E-state index < -0.39 is 0 Å². The zero-order valence-corrected chi connectivity index (χ0v) is 9.14. The van der Waals surface area contributed by atoms with Gasteiger partial charge in [-0.2, -0.15) is 0 Å². The molecule has 1 nitrogen and oxygen atoms in total. The van der Waals surface area contributed by atoms with Crippen LogP contribution in [0.2, 0.25) is 0 Å². The van der Waals surface area contributed by atoms with Crippen molar-refractivity contribution in [3.8, 4) is 0 Å². The van der Waals surface area contributed by atoms with Crippen molar-refractivity contribution >= 4 is 6.29 Å². The third kappa shape index (κ3) is 8.01. The minimum atomic E-state index is 0.694. The largest absolute Gasteiger partial charge is 0.303 e. The number of carbonyl (C=O) groups is 1. The number of hydrogen-bond donors (Lipinski definition) is 0. The number of aldehydes is 1. The molecule has 0 aromatic heterocycles. The van der Waals surface area contributed by atoms with Crippen LogP contribution >= 0.6 is 0 Å². The van der Waals surface area contributed by atoms with Crippen LogP contribution in [0.25, 0.3) is 0 Å². The smallest absolute Gasteiger partial charge is 0.120 e. The predicted octanol–water partition coefficient (Wildman–Crippen LogP) is 3.92. The molecule has 1 radical (unpaired) electrons. The van der Waals surface area contributed by atoms with Crippen molar-refractivity contribution < 1.29 is 4.79 Å². The summed E-state index contributed by atoms with van der Waals surface area (Å²) in [5, 5.41) is 0. The Balaban J connectivity index is 3.38. The maximum absolute atomic E-state index is 10.4. The lowest BCUT2D eigenvalue weighted by Crippen LogP contribution is -1.98. The molecule has 0 aromatic rings. The lowest BCUT2D eigenvalue weighted by atomic mass is 9.94. The summed E-state index contributed by atoms with van der Waals surface area (Å²) >= 11 is 0. The Morgan fingerprint density at radius 1 is 1.00 bits per heavy atom. The predicted molar refractivity (Wildman–Crippen MR) is 57.6 cm³/mol. The number of carbonyl (C=O) groups excluding carboxylic acids is 1. The first kappa shape index (κ1) is 12.7. The summed E-state index contributed by atoms with van der Waals surface area (Å²) in [5.74, 6) is 1.45. The number of hydrogen-bond acceptors (Lipinski definition) is 1. The molecule has 0 aromatic carbocycles. The van der Waals surface area contributed by atoms with E-state index in [1.165, 1.54) is 44.4 Å². The standard InChI is InChI=1S/C12H23O/c1-3-5-6-7-9-12(8-4-2)10-11-13/h11H,3-10H2,1-2H3. The van der Waals surface area contributed by atoms with Gasteiger partial charge in [0.1, 0.15) is 6.29 Å². The van der Waals surface area contributed by atoms with Crippen molar-refractivity contribution in [3.05, 3.63) is 5.92 Å². The van der Waals surface area contributed by atoms with Crippen molar-refractivity contribution in [2.75, 3.05) is 0 Å². The fraction of sp³-hybridized carbons (Fsp3) is 0.833. The van der Waals surface area contributed by atoms with Gasteiger partial charge in [0, 0.05) is 6.42 Å². The summed E-state index contributed by atoms with van der Waals surface area (Å²) in [6.07, 6.45) is 10.5. The van der Waals surface area contributed by atoms with E-state index >= 15 is 0 Å². The minimum absolute atomic E-state index is 0.694. The van der Waals surface area contributed by atoms with Crippen LogP contribution in [0, 0.1) is 5.92 Å². The van der Waals surface area contributed by atoms with Crippen molar-refractivity contribution in [3.63, 3.8) is 0 Å². The molecule has 0 bridgehead atoms. The van der Waals surface area contributed by atoms with Crippen LogP contribution in [0.3, 0.4) is 0 Å². The lowest BCUT2D eigenvalue weighted by molar-refractivity contribution is -0.107. The lowest BCUT2D eigenvalue weighted by Gasteiger charge is -2.11. The van der Waals surface area contributed by atoms with Crippen LogP contribution in [-0.2, 0) is 4.79 Å². The molecule has 0 N–H and O–H groups in total. The molecule has 0 atom stereocenters. The molecule has 0 rings (SSSR count). The van der Waals surface area contributed by atoms with Gasteiger partial charge < -0.3 is 4.79 Å². The monoisotopic (exact) mass is 183 g/mol. The van der Waals surface area contributed by atoms with Crippen LogP contribution in [-0.4, -0.2) is 6.29 Å².